The summed E-state index contributed by atoms with van der Waals surface area (Å²) in [5.41, 5.74) is 0. The fourth-order valence-corrected chi connectivity index (χ4v) is 2.66. The summed E-state index contributed by atoms with van der Waals surface area (Å²) in [7, 11) is -3.58. The van der Waals surface area contributed by atoms with Crippen molar-refractivity contribution >= 4 is 16.3 Å². The maximum Gasteiger partial charge on any atom is 0.243 e. The normalized spacial score (nSPS) is 12.1. The number of nitrogens with zero attached hydrogens (tertiary/aromatic N) is 1. The lowest BCUT2D eigenvalue weighted by molar-refractivity contribution is -0.108. The molecule has 0 heterocycles. The Hall–Kier alpha value is -1.46. The summed E-state index contributed by atoms with van der Waals surface area (Å²) in [6.45, 7) is 1.86. The minimum atomic E-state index is -3.58. The van der Waals surface area contributed by atoms with Crippen LogP contribution in [0.4, 0.5) is 0 Å². The largest absolute Gasteiger partial charge is 0.302 e. The van der Waals surface area contributed by atoms with Crippen LogP contribution in [0.25, 0.3) is 0 Å². The van der Waals surface area contributed by atoms with Gasteiger partial charge < -0.3 is 4.79 Å². The third kappa shape index (κ3) is 3.51. The molecule has 0 aliphatic carbocycles. The van der Waals surface area contributed by atoms with Crippen molar-refractivity contribution in [2.75, 3.05) is 13.1 Å². The minimum absolute atomic E-state index is 0.137. The van der Waals surface area contributed by atoms with E-state index < -0.39 is 10.0 Å². The number of benzene rings is 1. The molecular weight excluding hydrogens is 238 g/mol. The van der Waals surface area contributed by atoms with Gasteiger partial charge >= 0.3 is 0 Å². The minimum Gasteiger partial charge on any atom is -0.302 e. The Balaban J connectivity index is 3.04. The summed E-state index contributed by atoms with van der Waals surface area (Å²) in [5, 5.41) is 0. The van der Waals surface area contributed by atoms with Gasteiger partial charge in [0.2, 0.25) is 10.0 Å². The van der Waals surface area contributed by atoms with E-state index >= 15 is 0 Å². The van der Waals surface area contributed by atoms with Gasteiger partial charge in [0.15, 0.2) is 0 Å². The molecule has 0 unspecified atom stereocenters. The first-order valence-electron chi connectivity index (χ1n) is 5.23. The first kappa shape index (κ1) is 13.6. The van der Waals surface area contributed by atoms with Crippen LogP contribution in [0, 0.1) is 0 Å². The van der Waals surface area contributed by atoms with Gasteiger partial charge in [-0.25, -0.2) is 8.42 Å². The SMILES string of the molecule is C/C=C/CN(CC=O)S(=O)(=O)c1ccccc1. The monoisotopic (exact) mass is 253 g/mol. The highest BCUT2D eigenvalue weighted by Crippen LogP contribution is 2.14. The van der Waals surface area contributed by atoms with Gasteiger partial charge in [0.1, 0.15) is 6.29 Å². The third-order valence-corrected chi connectivity index (χ3v) is 4.05. The van der Waals surface area contributed by atoms with Crippen LogP contribution in [0.5, 0.6) is 0 Å². The molecule has 0 radical (unpaired) electrons. The number of carbonyl (C=O) groups excluding carboxylic acids is 1. The molecule has 92 valence electrons. The first-order valence-corrected chi connectivity index (χ1v) is 6.67. The second kappa shape index (κ2) is 6.32. The van der Waals surface area contributed by atoms with E-state index in [2.05, 4.69) is 0 Å². The molecule has 17 heavy (non-hydrogen) atoms. The van der Waals surface area contributed by atoms with Gasteiger partial charge in [0, 0.05) is 6.54 Å². The van der Waals surface area contributed by atoms with E-state index in [0.29, 0.717) is 6.29 Å². The van der Waals surface area contributed by atoms with Crippen molar-refractivity contribution in [1.29, 1.82) is 0 Å². The van der Waals surface area contributed by atoms with Crippen LogP contribution in [0.3, 0.4) is 0 Å². The van der Waals surface area contributed by atoms with Gasteiger partial charge in [0.05, 0.1) is 11.4 Å². The predicted molar refractivity (Wildman–Crippen MR) is 66.1 cm³/mol. The molecule has 5 heteroatoms. The number of hydrogen-bond acceptors (Lipinski definition) is 3. The first-order chi connectivity index (χ1) is 8.12. The zero-order chi connectivity index (χ0) is 12.7. The highest BCUT2D eigenvalue weighted by atomic mass is 32.2. The van der Waals surface area contributed by atoms with Gasteiger partial charge in [-0.15, -0.1) is 0 Å². The van der Waals surface area contributed by atoms with Gasteiger partial charge in [-0.3, -0.25) is 0 Å². The predicted octanol–water partition coefficient (Wildman–Crippen LogP) is 1.45. The van der Waals surface area contributed by atoms with Crippen LogP contribution >= 0.6 is 0 Å². The molecule has 0 aliphatic rings. The molecule has 0 amide bonds. The fourth-order valence-electron chi connectivity index (χ4n) is 1.32. The number of carbonyl (C=O) groups is 1. The highest BCUT2D eigenvalue weighted by Gasteiger charge is 2.22. The van der Waals surface area contributed by atoms with Gasteiger partial charge in [-0.2, -0.15) is 4.31 Å². The molecular formula is C12H15NO3S. The van der Waals surface area contributed by atoms with Crippen LogP contribution in [0.2, 0.25) is 0 Å². The van der Waals surface area contributed by atoms with Gasteiger partial charge in [-0.05, 0) is 19.1 Å². The lowest BCUT2D eigenvalue weighted by atomic mass is 10.4. The lowest BCUT2D eigenvalue weighted by Gasteiger charge is -2.17. The fraction of sp³-hybridized carbons (Fsp3) is 0.250. The summed E-state index contributed by atoms with van der Waals surface area (Å²) >= 11 is 0. The number of hydrogen-bond donors (Lipinski definition) is 0. The molecule has 0 saturated heterocycles. The molecule has 0 aromatic heterocycles. The Morgan fingerprint density at radius 3 is 2.35 bits per heavy atom. The van der Waals surface area contributed by atoms with Gasteiger partial charge in [0.25, 0.3) is 0 Å². The molecule has 0 bridgehead atoms. The van der Waals surface area contributed by atoms with E-state index in [-0.39, 0.29) is 18.0 Å². The molecule has 1 rings (SSSR count). The summed E-state index contributed by atoms with van der Waals surface area (Å²) in [6, 6.07) is 8.09. The standard InChI is InChI=1S/C12H15NO3S/c1-2-3-9-13(10-11-14)17(15,16)12-7-5-4-6-8-12/h2-8,11H,9-10H2,1H3/b3-2+. The topological polar surface area (TPSA) is 54.5 Å². The molecule has 0 fully saturated rings. The molecule has 4 nitrogen and oxygen atoms in total. The molecule has 0 aliphatic heterocycles. The second-order valence-electron chi connectivity index (χ2n) is 3.37. The zero-order valence-electron chi connectivity index (χ0n) is 9.61. The van der Waals surface area contributed by atoms with E-state index in [9.17, 15) is 13.2 Å². The van der Waals surface area contributed by atoms with Crippen LogP contribution in [-0.2, 0) is 14.8 Å². The Bertz CT molecular complexity index is 480. The van der Waals surface area contributed by atoms with Gasteiger partial charge in [-0.1, -0.05) is 30.4 Å². The van der Waals surface area contributed by atoms with Crippen LogP contribution in [-0.4, -0.2) is 32.1 Å². The Kier molecular flexibility index (Phi) is 5.06. The molecule has 1 aromatic carbocycles. The van der Waals surface area contributed by atoms with Crippen molar-refractivity contribution in [1.82, 2.24) is 4.31 Å². The molecule has 0 saturated carbocycles. The second-order valence-corrected chi connectivity index (χ2v) is 5.31. The Morgan fingerprint density at radius 2 is 1.82 bits per heavy atom. The zero-order valence-corrected chi connectivity index (χ0v) is 10.4. The van der Waals surface area contributed by atoms with E-state index in [4.69, 9.17) is 0 Å². The number of sulfonamides is 1. The summed E-state index contributed by atoms with van der Waals surface area (Å²) in [6.07, 6.45) is 4.03. The summed E-state index contributed by atoms with van der Waals surface area (Å²) in [4.78, 5) is 10.7. The van der Waals surface area contributed by atoms with Crippen molar-refractivity contribution < 1.29 is 13.2 Å². The molecule has 1 aromatic rings. The van der Waals surface area contributed by atoms with Crippen molar-refractivity contribution in [2.24, 2.45) is 0 Å². The van der Waals surface area contributed by atoms with E-state index in [1.807, 2.05) is 0 Å². The van der Waals surface area contributed by atoms with E-state index in [1.54, 1.807) is 37.3 Å². The number of rotatable bonds is 6. The molecule has 0 N–H and O–H groups in total. The molecule has 0 spiro atoms. The van der Waals surface area contributed by atoms with E-state index in [1.165, 1.54) is 12.1 Å². The van der Waals surface area contributed by atoms with Crippen molar-refractivity contribution in [3.63, 3.8) is 0 Å². The van der Waals surface area contributed by atoms with Crippen LogP contribution in [0.1, 0.15) is 6.92 Å². The van der Waals surface area contributed by atoms with Crippen molar-refractivity contribution in [3.8, 4) is 0 Å². The molecule has 0 atom stereocenters. The lowest BCUT2D eigenvalue weighted by Crippen LogP contribution is -2.32. The highest BCUT2D eigenvalue weighted by molar-refractivity contribution is 7.89. The number of aldehydes is 1. The quantitative estimate of drug-likeness (QED) is 0.569. The Morgan fingerprint density at radius 1 is 1.18 bits per heavy atom. The maximum absolute atomic E-state index is 12.2. The Labute approximate surface area is 102 Å². The summed E-state index contributed by atoms with van der Waals surface area (Å²) < 4.78 is 25.5. The van der Waals surface area contributed by atoms with Crippen LogP contribution in [0.15, 0.2) is 47.4 Å². The van der Waals surface area contributed by atoms with Crippen LogP contribution < -0.4 is 0 Å². The average molecular weight is 253 g/mol. The number of allylic oxidation sites excluding steroid dienone is 1. The maximum atomic E-state index is 12.2. The smallest absolute Gasteiger partial charge is 0.243 e. The average Bonchev–Trinajstić information content (AvgIpc) is 2.35. The summed E-state index contributed by atoms with van der Waals surface area (Å²) in [5.74, 6) is 0. The third-order valence-electron chi connectivity index (χ3n) is 2.20. The van der Waals surface area contributed by atoms with Crippen molar-refractivity contribution in [3.05, 3.63) is 42.5 Å². The van der Waals surface area contributed by atoms with Crippen molar-refractivity contribution in [2.45, 2.75) is 11.8 Å². The van der Waals surface area contributed by atoms with E-state index in [0.717, 1.165) is 4.31 Å².